The Morgan fingerprint density at radius 3 is 2.85 bits per heavy atom. The summed E-state index contributed by atoms with van der Waals surface area (Å²) in [4.78, 5) is 22.7. The molecule has 1 aromatic carbocycles. The van der Waals surface area contributed by atoms with Gasteiger partial charge in [-0.15, -0.1) is 0 Å². The number of anilines is 2. The number of benzene rings is 1. The molecule has 7 nitrogen and oxygen atoms in total. The molecule has 1 atom stereocenters. The van der Waals surface area contributed by atoms with Crippen LogP contribution in [-0.4, -0.2) is 44.5 Å². The first-order valence-corrected chi connectivity index (χ1v) is 9.03. The number of nitrogens with zero attached hydrogens (tertiary/aromatic N) is 3. The van der Waals surface area contributed by atoms with Gasteiger partial charge < -0.3 is 20.9 Å². The van der Waals surface area contributed by atoms with E-state index in [1.165, 1.54) is 0 Å². The van der Waals surface area contributed by atoms with Crippen molar-refractivity contribution in [3.8, 4) is 0 Å². The van der Waals surface area contributed by atoms with Crippen LogP contribution < -0.4 is 20.9 Å². The molecule has 2 heterocycles. The first kappa shape index (κ1) is 18.7. The molecule has 2 aromatic rings. The minimum absolute atomic E-state index is 0.0504. The van der Waals surface area contributed by atoms with E-state index in [2.05, 4.69) is 32.0 Å². The average Bonchev–Trinajstić information content (AvgIpc) is 2.68. The summed E-state index contributed by atoms with van der Waals surface area (Å²) in [5, 5.41) is 9.60. The van der Waals surface area contributed by atoms with Crippen LogP contribution >= 0.6 is 0 Å². The Bertz CT molecular complexity index is 833. The molecule has 1 aliphatic heterocycles. The highest BCUT2D eigenvalue weighted by Crippen LogP contribution is 2.31. The number of amides is 1. The molecule has 1 amide bonds. The van der Waals surface area contributed by atoms with Gasteiger partial charge in [0.25, 0.3) is 0 Å². The number of guanidine groups is 1. The molecule has 0 fully saturated rings. The number of rotatable bonds is 5. The van der Waals surface area contributed by atoms with Crippen LogP contribution in [0.3, 0.4) is 0 Å². The number of fused-ring (bicyclic) bond motifs is 1. The van der Waals surface area contributed by atoms with Crippen LogP contribution in [0.15, 0.2) is 47.6 Å². The van der Waals surface area contributed by atoms with Crippen molar-refractivity contribution in [2.45, 2.75) is 18.9 Å². The van der Waals surface area contributed by atoms with Gasteiger partial charge in [0.2, 0.25) is 5.91 Å². The number of aromatic nitrogens is 1. The number of carbonyl (C=O) groups excluding carboxylic acids is 1. The predicted octanol–water partition coefficient (Wildman–Crippen LogP) is 1.94. The molecule has 1 aliphatic rings. The Morgan fingerprint density at radius 1 is 1.26 bits per heavy atom. The lowest BCUT2D eigenvalue weighted by atomic mass is 9.90. The van der Waals surface area contributed by atoms with Gasteiger partial charge in [-0.1, -0.05) is 24.3 Å². The fraction of sp³-hybridized carbons (Fsp3) is 0.350. The van der Waals surface area contributed by atoms with Gasteiger partial charge in [-0.2, -0.15) is 0 Å². The van der Waals surface area contributed by atoms with Crippen LogP contribution in [0.2, 0.25) is 0 Å². The number of para-hydroxylation sites is 1. The van der Waals surface area contributed by atoms with Crippen molar-refractivity contribution in [1.29, 1.82) is 0 Å². The summed E-state index contributed by atoms with van der Waals surface area (Å²) in [6, 6.07) is 11.9. The summed E-state index contributed by atoms with van der Waals surface area (Å²) in [5.41, 5.74) is 3.14. The molecule has 3 rings (SSSR count). The van der Waals surface area contributed by atoms with Gasteiger partial charge in [-0.25, -0.2) is 4.98 Å². The number of pyridine rings is 1. The average molecular weight is 366 g/mol. The Morgan fingerprint density at radius 2 is 2.07 bits per heavy atom. The molecule has 142 valence electrons. The molecule has 0 aliphatic carbocycles. The Labute approximate surface area is 159 Å². The van der Waals surface area contributed by atoms with Gasteiger partial charge in [0, 0.05) is 64.0 Å². The second-order valence-corrected chi connectivity index (χ2v) is 6.72. The van der Waals surface area contributed by atoms with Gasteiger partial charge in [0.15, 0.2) is 5.96 Å². The zero-order valence-corrected chi connectivity index (χ0v) is 16.0. The smallest absolute Gasteiger partial charge is 0.225 e. The lowest BCUT2D eigenvalue weighted by Gasteiger charge is -2.26. The Balaban J connectivity index is 1.62. The number of nitrogens with one attached hydrogen (secondary N) is 3. The number of carbonyl (C=O) groups is 1. The fourth-order valence-electron chi connectivity index (χ4n) is 3.27. The van der Waals surface area contributed by atoms with Crippen molar-refractivity contribution < 1.29 is 4.79 Å². The highest BCUT2D eigenvalue weighted by Gasteiger charge is 2.24. The van der Waals surface area contributed by atoms with E-state index < -0.39 is 0 Å². The van der Waals surface area contributed by atoms with Gasteiger partial charge in [-0.3, -0.25) is 9.79 Å². The van der Waals surface area contributed by atoms with E-state index in [9.17, 15) is 4.79 Å². The van der Waals surface area contributed by atoms with Crippen molar-refractivity contribution in [3.05, 3.63) is 53.7 Å². The molecule has 1 unspecified atom stereocenters. The predicted molar refractivity (Wildman–Crippen MR) is 109 cm³/mol. The van der Waals surface area contributed by atoms with E-state index in [0.29, 0.717) is 25.5 Å². The summed E-state index contributed by atoms with van der Waals surface area (Å²) >= 11 is 0. The molecule has 3 N–H and O–H groups in total. The molecule has 0 radical (unpaired) electrons. The summed E-state index contributed by atoms with van der Waals surface area (Å²) in [5.74, 6) is 1.80. The molecule has 27 heavy (non-hydrogen) atoms. The molecular formula is C20H26N6O. The lowest BCUT2D eigenvalue weighted by molar-refractivity contribution is -0.116. The summed E-state index contributed by atoms with van der Waals surface area (Å²) < 4.78 is 0. The van der Waals surface area contributed by atoms with E-state index in [1.807, 2.05) is 49.3 Å². The van der Waals surface area contributed by atoms with Crippen molar-refractivity contribution in [3.63, 3.8) is 0 Å². The summed E-state index contributed by atoms with van der Waals surface area (Å²) in [7, 11) is 5.70. The highest BCUT2D eigenvalue weighted by molar-refractivity contribution is 5.94. The maximum Gasteiger partial charge on any atom is 0.225 e. The van der Waals surface area contributed by atoms with E-state index >= 15 is 0 Å². The van der Waals surface area contributed by atoms with Crippen LogP contribution in [0.4, 0.5) is 11.5 Å². The molecule has 0 bridgehead atoms. The quantitative estimate of drug-likeness (QED) is 0.557. The fourth-order valence-corrected chi connectivity index (χ4v) is 3.27. The molecule has 0 spiro atoms. The summed E-state index contributed by atoms with van der Waals surface area (Å²) in [6.45, 7) is 1.25. The molecule has 7 heteroatoms. The zero-order chi connectivity index (χ0) is 19.2. The van der Waals surface area contributed by atoms with Crippen molar-refractivity contribution >= 4 is 23.4 Å². The van der Waals surface area contributed by atoms with Crippen molar-refractivity contribution in [2.24, 2.45) is 4.99 Å². The zero-order valence-electron chi connectivity index (χ0n) is 16.0. The van der Waals surface area contributed by atoms with E-state index in [1.54, 1.807) is 13.2 Å². The highest BCUT2D eigenvalue weighted by atomic mass is 16.1. The number of hydrogen-bond donors (Lipinski definition) is 3. The normalized spacial score (nSPS) is 16.3. The molecule has 0 saturated heterocycles. The second-order valence-electron chi connectivity index (χ2n) is 6.72. The third kappa shape index (κ3) is 4.55. The second kappa shape index (κ2) is 8.53. The van der Waals surface area contributed by atoms with Crippen LogP contribution in [0, 0.1) is 0 Å². The third-order valence-electron chi connectivity index (χ3n) is 4.58. The van der Waals surface area contributed by atoms with Gasteiger partial charge in [0.1, 0.15) is 5.82 Å². The maximum absolute atomic E-state index is 12.0. The maximum atomic E-state index is 12.0. The number of hydrogen-bond acceptors (Lipinski definition) is 4. The van der Waals surface area contributed by atoms with Crippen LogP contribution in [0.5, 0.6) is 0 Å². The Kier molecular flexibility index (Phi) is 5.90. The topological polar surface area (TPSA) is 81.7 Å². The van der Waals surface area contributed by atoms with Gasteiger partial charge in [-0.05, 0) is 17.7 Å². The molecular weight excluding hydrogens is 340 g/mol. The minimum atomic E-state index is 0.0504. The van der Waals surface area contributed by atoms with Crippen molar-refractivity contribution in [1.82, 2.24) is 15.6 Å². The van der Waals surface area contributed by atoms with E-state index in [4.69, 9.17) is 0 Å². The SMILES string of the molecule is CN=C(NCc1cccnc1N(C)C)NCC1CC(=O)Nc2ccccc21. The monoisotopic (exact) mass is 366 g/mol. The van der Waals surface area contributed by atoms with Crippen LogP contribution in [0.25, 0.3) is 0 Å². The first-order chi connectivity index (χ1) is 13.1. The number of aliphatic imine (C=N–C) groups is 1. The first-order valence-electron chi connectivity index (χ1n) is 9.03. The van der Waals surface area contributed by atoms with Crippen LogP contribution in [0.1, 0.15) is 23.5 Å². The Hall–Kier alpha value is -3.09. The van der Waals surface area contributed by atoms with E-state index in [0.717, 1.165) is 22.6 Å². The van der Waals surface area contributed by atoms with Gasteiger partial charge >= 0.3 is 0 Å². The third-order valence-corrected chi connectivity index (χ3v) is 4.58. The largest absolute Gasteiger partial charge is 0.362 e. The minimum Gasteiger partial charge on any atom is -0.362 e. The molecule has 1 aromatic heterocycles. The lowest BCUT2D eigenvalue weighted by Crippen LogP contribution is -2.40. The standard InChI is InChI=1S/C20H26N6O/c1-21-20(23-12-14-7-6-10-22-19(14)26(2)3)24-13-15-11-18(27)25-17-9-5-4-8-16(15)17/h4-10,15H,11-13H2,1-3H3,(H,25,27)(H2,21,23,24). The summed E-state index contributed by atoms with van der Waals surface area (Å²) in [6.07, 6.45) is 2.26. The van der Waals surface area contributed by atoms with Gasteiger partial charge in [0.05, 0.1) is 0 Å². The van der Waals surface area contributed by atoms with E-state index in [-0.39, 0.29) is 11.8 Å². The van der Waals surface area contributed by atoms with Crippen molar-refractivity contribution in [2.75, 3.05) is 37.9 Å². The molecule has 0 saturated carbocycles. The van der Waals surface area contributed by atoms with Crippen LogP contribution in [-0.2, 0) is 11.3 Å².